The molecule has 6 nitrogen and oxygen atoms in total. The number of likely N-dealkylation sites (tertiary alicyclic amines) is 1. The Labute approximate surface area is 213 Å². The number of aliphatic hydroxyl groups excluding tert-OH is 1. The first kappa shape index (κ1) is 24.6. The standard InChI is InChI=1S/C30H37N3O3/c1-36-29-13-10-23-6-2-3-7-27(23)28(29)19-31-25-14-17-32(18-15-25)26-11-8-24(9-12-26)30(35)33-16-4-5-22(20-33)21-34/h2-3,6-13,22,25,31,34H,4-5,14-21H2,1H3. The highest BCUT2D eigenvalue weighted by Gasteiger charge is 2.25. The van der Waals surface area contributed by atoms with Crippen LogP contribution < -0.4 is 15.0 Å². The summed E-state index contributed by atoms with van der Waals surface area (Å²) in [4.78, 5) is 17.2. The zero-order valence-corrected chi connectivity index (χ0v) is 21.2. The van der Waals surface area contributed by atoms with Crippen LogP contribution in [0.15, 0.2) is 60.7 Å². The molecule has 0 aromatic heterocycles. The van der Waals surface area contributed by atoms with Gasteiger partial charge in [-0.3, -0.25) is 4.79 Å². The van der Waals surface area contributed by atoms with Crippen molar-refractivity contribution in [2.45, 2.75) is 38.3 Å². The summed E-state index contributed by atoms with van der Waals surface area (Å²) in [6, 6.07) is 21.2. The fourth-order valence-electron chi connectivity index (χ4n) is 5.67. The number of methoxy groups -OCH3 is 1. The van der Waals surface area contributed by atoms with Gasteiger partial charge in [-0.05, 0) is 72.7 Å². The molecule has 0 radical (unpaired) electrons. The number of anilines is 1. The van der Waals surface area contributed by atoms with Crippen molar-refractivity contribution >= 4 is 22.4 Å². The van der Waals surface area contributed by atoms with E-state index in [-0.39, 0.29) is 18.4 Å². The Morgan fingerprint density at radius 3 is 2.53 bits per heavy atom. The van der Waals surface area contributed by atoms with Crippen molar-refractivity contribution in [2.24, 2.45) is 5.92 Å². The molecular weight excluding hydrogens is 450 g/mol. The van der Waals surface area contributed by atoms with Gasteiger partial charge >= 0.3 is 0 Å². The van der Waals surface area contributed by atoms with Gasteiger partial charge < -0.3 is 25.0 Å². The van der Waals surface area contributed by atoms with Crippen molar-refractivity contribution in [1.29, 1.82) is 0 Å². The summed E-state index contributed by atoms with van der Waals surface area (Å²) in [7, 11) is 1.74. The fraction of sp³-hybridized carbons (Fsp3) is 0.433. The minimum atomic E-state index is 0.0754. The smallest absolute Gasteiger partial charge is 0.253 e. The molecule has 1 amide bonds. The van der Waals surface area contributed by atoms with Crippen molar-refractivity contribution in [3.63, 3.8) is 0 Å². The van der Waals surface area contributed by atoms with E-state index in [9.17, 15) is 9.90 Å². The van der Waals surface area contributed by atoms with Crippen LogP contribution in [0.1, 0.15) is 41.6 Å². The van der Waals surface area contributed by atoms with Crippen LogP contribution in [0.4, 0.5) is 5.69 Å². The number of carbonyl (C=O) groups excluding carboxylic acids is 1. The number of piperidine rings is 2. The molecule has 0 spiro atoms. The molecule has 1 unspecified atom stereocenters. The molecule has 6 heteroatoms. The van der Waals surface area contributed by atoms with Crippen LogP contribution in [0.25, 0.3) is 10.8 Å². The van der Waals surface area contributed by atoms with Gasteiger partial charge in [-0.25, -0.2) is 0 Å². The van der Waals surface area contributed by atoms with Gasteiger partial charge in [0.05, 0.1) is 7.11 Å². The fourth-order valence-corrected chi connectivity index (χ4v) is 5.67. The highest BCUT2D eigenvalue weighted by molar-refractivity contribution is 5.94. The summed E-state index contributed by atoms with van der Waals surface area (Å²) in [5.74, 6) is 1.22. The lowest BCUT2D eigenvalue weighted by molar-refractivity contribution is 0.0620. The number of benzene rings is 3. The molecule has 1 atom stereocenters. The van der Waals surface area contributed by atoms with Crippen LogP contribution in [0, 0.1) is 5.92 Å². The first-order valence-electron chi connectivity index (χ1n) is 13.2. The van der Waals surface area contributed by atoms with Gasteiger partial charge in [0.15, 0.2) is 0 Å². The molecule has 3 aromatic carbocycles. The van der Waals surface area contributed by atoms with Gasteiger partial charge in [0.25, 0.3) is 5.91 Å². The lowest BCUT2D eigenvalue weighted by Gasteiger charge is -2.34. The average Bonchev–Trinajstić information content (AvgIpc) is 2.95. The summed E-state index contributed by atoms with van der Waals surface area (Å²) in [5.41, 5.74) is 3.13. The lowest BCUT2D eigenvalue weighted by atomic mass is 9.98. The van der Waals surface area contributed by atoms with Crippen molar-refractivity contribution in [3.8, 4) is 5.75 Å². The summed E-state index contributed by atoms with van der Waals surface area (Å²) in [5, 5.41) is 15.7. The Morgan fingerprint density at radius 1 is 1.00 bits per heavy atom. The van der Waals surface area contributed by atoms with E-state index in [1.54, 1.807) is 7.11 Å². The Kier molecular flexibility index (Phi) is 7.73. The Morgan fingerprint density at radius 2 is 1.78 bits per heavy atom. The van der Waals surface area contributed by atoms with Crippen LogP contribution >= 0.6 is 0 Å². The molecule has 2 saturated heterocycles. The van der Waals surface area contributed by atoms with E-state index in [0.717, 1.165) is 63.2 Å². The van der Waals surface area contributed by atoms with Crippen LogP contribution in [0.5, 0.6) is 5.75 Å². The average molecular weight is 488 g/mol. The number of hydrogen-bond acceptors (Lipinski definition) is 5. The first-order chi connectivity index (χ1) is 17.7. The lowest BCUT2D eigenvalue weighted by Crippen LogP contribution is -2.42. The maximum absolute atomic E-state index is 12.9. The minimum Gasteiger partial charge on any atom is -0.496 e. The van der Waals surface area contributed by atoms with Crippen molar-refractivity contribution in [3.05, 3.63) is 71.8 Å². The first-order valence-corrected chi connectivity index (χ1v) is 13.2. The molecule has 0 saturated carbocycles. The number of fused-ring (bicyclic) bond motifs is 1. The van der Waals surface area contributed by atoms with Gasteiger partial charge in [0, 0.05) is 62.2 Å². The van der Waals surface area contributed by atoms with Gasteiger partial charge in [-0.2, -0.15) is 0 Å². The van der Waals surface area contributed by atoms with E-state index in [2.05, 4.69) is 58.7 Å². The van der Waals surface area contributed by atoms with E-state index < -0.39 is 0 Å². The number of carbonyl (C=O) groups is 1. The largest absolute Gasteiger partial charge is 0.496 e. The Balaban J connectivity index is 1.16. The number of nitrogens with one attached hydrogen (secondary N) is 1. The predicted octanol–water partition coefficient (Wildman–Crippen LogP) is 4.45. The van der Waals surface area contributed by atoms with Crippen molar-refractivity contribution in [1.82, 2.24) is 10.2 Å². The molecule has 2 fully saturated rings. The second-order valence-corrected chi connectivity index (χ2v) is 10.1. The number of hydrogen-bond donors (Lipinski definition) is 2. The molecule has 0 aliphatic carbocycles. The highest BCUT2D eigenvalue weighted by Crippen LogP contribution is 2.29. The second-order valence-electron chi connectivity index (χ2n) is 10.1. The maximum atomic E-state index is 12.9. The molecule has 2 N–H and O–H groups in total. The maximum Gasteiger partial charge on any atom is 0.253 e. The minimum absolute atomic E-state index is 0.0754. The van der Waals surface area contributed by atoms with E-state index in [0.29, 0.717) is 12.6 Å². The third-order valence-electron chi connectivity index (χ3n) is 7.82. The van der Waals surface area contributed by atoms with Crippen molar-refractivity contribution < 1.29 is 14.6 Å². The van der Waals surface area contributed by atoms with E-state index in [4.69, 9.17) is 4.74 Å². The molecule has 2 heterocycles. The van der Waals surface area contributed by atoms with Gasteiger partial charge in [-0.15, -0.1) is 0 Å². The highest BCUT2D eigenvalue weighted by atomic mass is 16.5. The molecule has 190 valence electrons. The molecular formula is C30H37N3O3. The van der Waals surface area contributed by atoms with E-state index in [1.165, 1.54) is 22.0 Å². The second kappa shape index (κ2) is 11.3. The van der Waals surface area contributed by atoms with Crippen LogP contribution in [0.2, 0.25) is 0 Å². The zero-order valence-electron chi connectivity index (χ0n) is 21.2. The normalized spacial score (nSPS) is 19.0. The molecule has 5 rings (SSSR count). The van der Waals surface area contributed by atoms with Crippen LogP contribution in [0.3, 0.4) is 0 Å². The third kappa shape index (κ3) is 5.35. The quantitative estimate of drug-likeness (QED) is 0.516. The Hall–Kier alpha value is -3.09. The topological polar surface area (TPSA) is 65.0 Å². The zero-order chi connectivity index (χ0) is 24.9. The number of aliphatic hydroxyl groups is 1. The summed E-state index contributed by atoms with van der Waals surface area (Å²) in [6.45, 7) is 4.36. The van der Waals surface area contributed by atoms with Gasteiger partial charge in [0.1, 0.15) is 5.75 Å². The van der Waals surface area contributed by atoms with Gasteiger partial charge in [0.2, 0.25) is 0 Å². The summed E-state index contributed by atoms with van der Waals surface area (Å²) in [6.07, 6.45) is 4.11. The number of nitrogens with zero attached hydrogens (tertiary/aromatic N) is 2. The molecule has 2 aliphatic heterocycles. The van der Waals surface area contributed by atoms with Crippen LogP contribution in [-0.4, -0.2) is 61.9 Å². The monoisotopic (exact) mass is 487 g/mol. The summed E-state index contributed by atoms with van der Waals surface area (Å²) >= 11 is 0. The third-order valence-corrected chi connectivity index (χ3v) is 7.82. The van der Waals surface area contributed by atoms with E-state index in [1.807, 2.05) is 17.0 Å². The molecule has 2 aliphatic rings. The van der Waals surface area contributed by atoms with Gasteiger partial charge in [-0.1, -0.05) is 30.3 Å². The SMILES string of the molecule is COc1ccc2ccccc2c1CNC1CCN(c2ccc(C(=O)N3CCCC(CO)C3)cc2)CC1. The summed E-state index contributed by atoms with van der Waals surface area (Å²) < 4.78 is 5.66. The number of rotatable bonds is 7. The number of amides is 1. The molecule has 36 heavy (non-hydrogen) atoms. The molecule has 3 aromatic rings. The Bertz CT molecular complexity index is 1170. The number of ether oxygens (including phenoxy) is 1. The van der Waals surface area contributed by atoms with Crippen molar-refractivity contribution in [2.75, 3.05) is 44.8 Å². The molecule has 0 bridgehead atoms. The van der Waals surface area contributed by atoms with E-state index >= 15 is 0 Å². The predicted molar refractivity (Wildman–Crippen MR) is 145 cm³/mol. The van der Waals surface area contributed by atoms with Crippen LogP contribution in [-0.2, 0) is 6.54 Å².